The van der Waals surface area contributed by atoms with Gasteiger partial charge in [0, 0.05) is 25.2 Å². The topological polar surface area (TPSA) is 62.5 Å². The van der Waals surface area contributed by atoms with Gasteiger partial charge in [0.05, 0.1) is 17.4 Å². The zero-order chi connectivity index (χ0) is 19.2. The lowest BCUT2D eigenvalue weighted by atomic mass is 10.00. The Morgan fingerprint density at radius 3 is 2.70 bits per heavy atom. The van der Waals surface area contributed by atoms with Crippen LogP contribution in [0.5, 0.6) is 0 Å². The molecule has 140 valence electrons. The minimum absolute atomic E-state index is 0.0882. The lowest BCUT2D eigenvalue weighted by Crippen LogP contribution is -2.59. The van der Waals surface area contributed by atoms with Crippen molar-refractivity contribution < 1.29 is 9.18 Å². The molecule has 0 spiro atoms. The first kappa shape index (κ1) is 17.6. The zero-order valence-corrected chi connectivity index (χ0v) is 15.7. The van der Waals surface area contributed by atoms with E-state index in [9.17, 15) is 9.18 Å². The van der Waals surface area contributed by atoms with E-state index in [0.717, 1.165) is 24.2 Å². The van der Waals surface area contributed by atoms with E-state index >= 15 is 0 Å². The first-order chi connectivity index (χ1) is 12.8. The fraction of sp³-hybridized carbons (Fsp3) is 0.350. The summed E-state index contributed by atoms with van der Waals surface area (Å²) in [5.74, 6) is -0.375. The smallest absolute Gasteiger partial charge is 0.274 e. The van der Waals surface area contributed by atoms with Crippen molar-refractivity contribution in [3.8, 4) is 11.3 Å². The van der Waals surface area contributed by atoms with Gasteiger partial charge in [-0.25, -0.2) is 13.9 Å². The van der Waals surface area contributed by atoms with Gasteiger partial charge in [-0.15, -0.1) is 0 Å². The molecule has 1 N–H and O–H groups in total. The molecule has 2 aromatic heterocycles. The van der Waals surface area contributed by atoms with Crippen LogP contribution in [0.3, 0.4) is 0 Å². The van der Waals surface area contributed by atoms with E-state index in [0.29, 0.717) is 23.6 Å². The number of carbonyl (C=O) groups is 1. The molecule has 7 heteroatoms. The number of fused-ring (bicyclic) bond motifs is 1. The second kappa shape index (κ2) is 6.42. The van der Waals surface area contributed by atoms with E-state index in [1.807, 2.05) is 31.7 Å². The molecule has 1 aromatic carbocycles. The van der Waals surface area contributed by atoms with Gasteiger partial charge >= 0.3 is 0 Å². The molecule has 27 heavy (non-hydrogen) atoms. The van der Waals surface area contributed by atoms with Crippen LogP contribution < -0.4 is 5.32 Å². The van der Waals surface area contributed by atoms with Crippen molar-refractivity contribution in [2.24, 2.45) is 0 Å². The quantitative estimate of drug-likeness (QED) is 0.756. The molecular weight excluding hydrogens is 345 g/mol. The van der Waals surface area contributed by atoms with Crippen molar-refractivity contribution in [1.29, 1.82) is 0 Å². The highest BCUT2D eigenvalue weighted by Crippen LogP contribution is 2.23. The molecule has 0 bridgehead atoms. The van der Waals surface area contributed by atoms with Crippen LogP contribution in [-0.2, 0) is 0 Å². The standard InChI is InChI=1S/C20H22FN5O/c1-13-10-16(14-4-6-15(21)7-5-14)24-26-11-17(23-18(13)26)19(27)25-9-8-22-12-20(25,2)3/h4-7,10-11,22H,8-9,12H2,1-3H3. The van der Waals surface area contributed by atoms with Crippen molar-refractivity contribution in [2.75, 3.05) is 19.6 Å². The fourth-order valence-corrected chi connectivity index (χ4v) is 3.49. The lowest BCUT2D eigenvalue weighted by Gasteiger charge is -2.42. The van der Waals surface area contributed by atoms with Gasteiger partial charge < -0.3 is 10.2 Å². The number of hydrogen-bond acceptors (Lipinski definition) is 4. The van der Waals surface area contributed by atoms with Gasteiger partial charge in [0.25, 0.3) is 5.91 Å². The van der Waals surface area contributed by atoms with Crippen LogP contribution in [0.25, 0.3) is 16.9 Å². The zero-order valence-electron chi connectivity index (χ0n) is 15.7. The predicted octanol–water partition coefficient (Wildman–Crippen LogP) is 2.67. The first-order valence-electron chi connectivity index (χ1n) is 9.01. The second-order valence-electron chi connectivity index (χ2n) is 7.56. The fourth-order valence-electron chi connectivity index (χ4n) is 3.49. The van der Waals surface area contributed by atoms with Gasteiger partial charge in [-0.05, 0) is 56.7 Å². The Kier molecular flexibility index (Phi) is 4.19. The first-order valence-corrected chi connectivity index (χ1v) is 9.01. The van der Waals surface area contributed by atoms with Crippen molar-refractivity contribution in [3.05, 3.63) is 53.6 Å². The van der Waals surface area contributed by atoms with Crippen LogP contribution in [0, 0.1) is 12.7 Å². The molecule has 0 radical (unpaired) electrons. The average Bonchev–Trinajstić information content (AvgIpc) is 3.06. The number of halogens is 1. The highest BCUT2D eigenvalue weighted by molar-refractivity contribution is 5.93. The SMILES string of the molecule is Cc1cc(-c2ccc(F)cc2)nn2cc(C(=O)N3CCNCC3(C)C)nc12. The van der Waals surface area contributed by atoms with E-state index in [-0.39, 0.29) is 17.3 Å². The number of nitrogens with one attached hydrogen (secondary N) is 1. The summed E-state index contributed by atoms with van der Waals surface area (Å²) < 4.78 is 14.8. The molecule has 0 aliphatic carbocycles. The van der Waals surface area contributed by atoms with E-state index in [1.54, 1.807) is 22.8 Å². The predicted molar refractivity (Wildman–Crippen MR) is 101 cm³/mol. The maximum absolute atomic E-state index is 13.2. The third-order valence-corrected chi connectivity index (χ3v) is 5.01. The monoisotopic (exact) mass is 367 g/mol. The van der Waals surface area contributed by atoms with Gasteiger partial charge in [-0.1, -0.05) is 0 Å². The normalized spacial score (nSPS) is 16.7. The van der Waals surface area contributed by atoms with E-state index in [1.165, 1.54) is 12.1 Å². The summed E-state index contributed by atoms with van der Waals surface area (Å²) >= 11 is 0. The molecule has 1 aliphatic rings. The Labute approximate surface area is 157 Å². The summed E-state index contributed by atoms with van der Waals surface area (Å²) in [5, 5.41) is 7.89. The second-order valence-corrected chi connectivity index (χ2v) is 7.56. The number of rotatable bonds is 2. The Balaban J connectivity index is 1.73. The highest BCUT2D eigenvalue weighted by Gasteiger charge is 2.34. The molecule has 6 nitrogen and oxygen atoms in total. The minimum atomic E-state index is -0.286. The molecule has 0 atom stereocenters. The third kappa shape index (κ3) is 3.19. The van der Waals surface area contributed by atoms with Crippen molar-refractivity contribution in [2.45, 2.75) is 26.3 Å². The lowest BCUT2D eigenvalue weighted by molar-refractivity contribution is 0.0472. The molecule has 1 fully saturated rings. The summed E-state index contributed by atoms with van der Waals surface area (Å²) in [7, 11) is 0. The number of imidazole rings is 1. The molecule has 0 unspecified atom stereocenters. The molecule has 4 rings (SSSR count). The number of aromatic nitrogens is 3. The Bertz CT molecular complexity index is 1010. The maximum atomic E-state index is 13.2. The summed E-state index contributed by atoms with van der Waals surface area (Å²) in [4.78, 5) is 19.4. The van der Waals surface area contributed by atoms with E-state index < -0.39 is 0 Å². The number of carbonyl (C=O) groups excluding carboxylic acids is 1. The van der Waals surface area contributed by atoms with Gasteiger partial charge in [0.15, 0.2) is 5.65 Å². The van der Waals surface area contributed by atoms with E-state index in [2.05, 4.69) is 15.4 Å². The maximum Gasteiger partial charge on any atom is 0.274 e. The molecule has 3 aromatic rings. The van der Waals surface area contributed by atoms with Gasteiger partial charge in [-0.3, -0.25) is 4.79 Å². The van der Waals surface area contributed by atoms with Crippen LogP contribution in [0.1, 0.15) is 29.9 Å². The Morgan fingerprint density at radius 1 is 1.26 bits per heavy atom. The molecule has 0 saturated carbocycles. The largest absolute Gasteiger partial charge is 0.330 e. The minimum Gasteiger partial charge on any atom is -0.330 e. The average molecular weight is 367 g/mol. The van der Waals surface area contributed by atoms with Crippen molar-refractivity contribution in [3.63, 3.8) is 0 Å². The summed E-state index contributed by atoms with van der Waals surface area (Å²) in [6.07, 6.45) is 1.68. The summed E-state index contributed by atoms with van der Waals surface area (Å²) in [6, 6.07) is 8.10. The number of piperazine rings is 1. The Morgan fingerprint density at radius 2 is 2.00 bits per heavy atom. The Hall–Kier alpha value is -2.80. The van der Waals surface area contributed by atoms with E-state index in [4.69, 9.17) is 0 Å². The van der Waals surface area contributed by atoms with Gasteiger partial charge in [0.1, 0.15) is 11.5 Å². The van der Waals surface area contributed by atoms with Crippen molar-refractivity contribution in [1.82, 2.24) is 24.8 Å². The van der Waals surface area contributed by atoms with Crippen molar-refractivity contribution >= 4 is 11.6 Å². The molecule has 3 heterocycles. The third-order valence-electron chi connectivity index (χ3n) is 5.01. The van der Waals surface area contributed by atoms with Gasteiger partial charge in [-0.2, -0.15) is 5.10 Å². The summed E-state index contributed by atoms with van der Waals surface area (Å²) in [6.45, 7) is 8.19. The number of benzene rings is 1. The van der Waals surface area contributed by atoms with Crippen LogP contribution in [-0.4, -0.2) is 50.6 Å². The number of hydrogen-bond donors (Lipinski definition) is 1. The molecule has 1 amide bonds. The van der Waals surface area contributed by atoms with Crippen LogP contribution >= 0.6 is 0 Å². The molecule has 1 saturated heterocycles. The number of nitrogens with zero attached hydrogens (tertiary/aromatic N) is 4. The van der Waals surface area contributed by atoms with Crippen LogP contribution in [0.2, 0.25) is 0 Å². The van der Waals surface area contributed by atoms with Crippen LogP contribution in [0.15, 0.2) is 36.5 Å². The number of aryl methyl sites for hydroxylation is 1. The summed E-state index contributed by atoms with van der Waals surface area (Å²) in [5.41, 5.74) is 3.19. The van der Waals surface area contributed by atoms with Crippen LogP contribution in [0.4, 0.5) is 4.39 Å². The molecule has 1 aliphatic heterocycles. The molecular formula is C20H22FN5O. The van der Waals surface area contributed by atoms with Gasteiger partial charge in [0.2, 0.25) is 0 Å². The number of amides is 1. The highest BCUT2D eigenvalue weighted by atomic mass is 19.1.